The van der Waals surface area contributed by atoms with E-state index in [0.717, 1.165) is 0 Å². The summed E-state index contributed by atoms with van der Waals surface area (Å²) in [6.45, 7) is 1.64. The second-order valence-electron chi connectivity index (χ2n) is 2.49. The van der Waals surface area contributed by atoms with Crippen molar-refractivity contribution in [1.29, 1.82) is 0 Å². The lowest BCUT2D eigenvalue weighted by atomic mass is 10.3. The summed E-state index contributed by atoms with van der Waals surface area (Å²) in [5.41, 5.74) is 0. The third-order valence-corrected chi connectivity index (χ3v) is 1.13. The minimum atomic E-state index is -4.64. The Morgan fingerprint density at radius 1 is 1.31 bits per heavy atom. The average Bonchev–Trinajstić information content (AvgIpc) is 1.81. The van der Waals surface area contributed by atoms with Gasteiger partial charge in [0.15, 0.2) is 0 Å². The van der Waals surface area contributed by atoms with E-state index in [1.165, 1.54) is 0 Å². The highest BCUT2D eigenvalue weighted by Crippen LogP contribution is 2.25. The maximum absolute atomic E-state index is 10.1. The standard InChI is InChI=1S/C5H11NO2.H3O4P/c1-4(5(7)8)6(2)3;1-5(2,3)4/h4H,1-3H3,(H,7,8);(H3,1,2,3,4). The number of hydrogen-bond donors (Lipinski definition) is 4. The molecule has 0 bridgehead atoms. The summed E-state index contributed by atoms with van der Waals surface area (Å²) in [4.78, 5) is 33.3. The van der Waals surface area contributed by atoms with E-state index in [1.807, 2.05) is 0 Å². The summed E-state index contributed by atoms with van der Waals surface area (Å²) in [5, 5.41) is 8.31. The van der Waals surface area contributed by atoms with Crippen LogP contribution in [0.4, 0.5) is 0 Å². The fraction of sp³-hybridized carbons (Fsp3) is 0.800. The Hall–Kier alpha value is -0.460. The van der Waals surface area contributed by atoms with E-state index in [9.17, 15) is 4.79 Å². The normalized spacial score (nSPS) is 13.2. The van der Waals surface area contributed by atoms with Crippen LogP contribution in [0, 0.1) is 0 Å². The van der Waals surface area contributed by atoms with Crippen LogP contribution in [0.2, 0.25) is 0 Å². The van der Waals surface area contributed by atoms with Crippen molar-refractivity contribution in [1.82, 2.24) is 4.90 Å². The monoisotopic (exact) mass is 215 g/mol. The molecule has 13 heavy (non-hydrogen) atoms. The minimum absolute atomic E-state index is 0.380. The van der Waals surface area contributed by atoms with Gasteiger partial charge >= 0.3 is 13.8 Å². The largest absolute Gasteiger partial charge is 0.480 e. The van der Waals surface area contributed by atoms with Crippen LogP contribution >= 0.6 is 7.82 Å². The summed E-state index contributed by atoms with van der Waals surface area (Å²) < 4.78 is 8.88. The van der Waals surface area contributed by atoms with Crippen LogP contribution in [-0.4, -0.2) is 50.8 Å². The van der Waals surface area contributed by atoms with E-state index in [0.29, 0.717) is 0 Å². The van der Waals surface area contributed by atoms with Gasteiger partial charge in [-0.1, -0.05) is 0 Å². The molecular weight excluding hydrogens is 201 g/mol. The third-order valence-electron chi connectivity index (χ3n) is 1.13. The van der Waals surface area contributed by atoms with Crippen LogP contribution in [0.15, 0.2) is 0 Å². The first-order valence-electron chi connectivity index (χ1n) is 3.23. The first-order chi connectivity index (χ1) is 5.55. The Kier molecular flexibility index (Phi) is 7.01. The van der Waals surface area contributed by atoms with E-state index in [-0.39, 0.29) is 6.04 Å². The first kappa shape index (κ1) is 15.0. The lowest BCUT2D eigenvalue weighted by molar-refractivity contribution is -0.141. The summed E-state index contributed by atoms with van der Waals surface area (Å²) in [5.74, 6) is -0.782. The highest BCUT2D eigenvalue weighted by molar-refractivity contribution is 7.45. The molecule has 0 fully saturated rings. The molecule has 0 aliphatic heterocycles. The predicted molar refractivity (Wildman–Crippen MR) is 45.0 cm³/mol. The maximum atomic E-state index is 10.1. The second-order valence-corrected chi connectivity index (χ2v) is 3.52. The molecule has 4 N–H and O–H groups in total. The predicted octanol–water partition coefficient (Wildman–Crippen LogP) is -0.907. The maximum Gasteiger partial charge on any atom is 0.466 e. The SMILES string of the molecule is CC(C(=O)O)N(C)C.O=P(O)(O)O. The van der Waals surface area contributed by atoms with E-state index in [2.05, 4.69) is 0 Å². The van der Waals surface area contributed by atoms with Crippen molar-refractivity contribution in [2.45, 2.75) is 13.0 Å². The number of carboxylic acid groups (broad SMARTS) is 1. The van der Waals surface area contributed by atoms with Gasteiger partial charge in [-0.05, 0) is 21.0 Å². The number of nitrogens with zero attached hydrogens (tertiary/aromatic N) is 1. The molecular formula is C5H14NO6P. The molecule has 0 aromatic heterocycles. The van der Waals surface area contributed by atoms with Crippen molar-refractivity contribution < 1.29 is 29.1 Å². The molecule has 0 aromatic carbocycles. The summed E-state index contributed by atoms with van der Waals surface area (Å²) >= 11 is 0. The van der Waals surface area contributed by atoms with E-state index >= 15 is 0 Å². The van der Waals surface area contributed by atoms with Crippen molar-refractivity contribution in [2.24, 2.45) is 0 Å². The van der Waals surface area contributed by atoms with E-state index < -0.39 is 13.8 Å². The zero-order valence-corrected chi connectivity index (χ0v) is 8.47. The van der Waals surface area contributed by atoms with Crippen molar-refractivity contribution in [3.63, 3.8) is 0 Å². The zero-order chi connectivity index (χ0) is 11.2. The smallest absolute Gasteiger partial charge is 0.466 e. The van der Waals surface area contributed by atoms with Crippen LogP contribution < -0.4 is 0 Å². The molecule has 0 aromatic rings. The van der Waals surface area contributed by atoms with Gasteiger partial charge in [0.1, 0.15) is 6.04 Å². The number of phosphoric acid groups is 1. The van der Waals surface area contributed by atoms with Crippen LogP contribution in [0.5, 0.6) is 0 Å². The molecule has 1 unspecified atom stereocenters. The van der Waals surface area contributed by atoms with Crippen molar-refractivity contribution in [2.75, 3.05) is 14.1 Å². The minimum Gasteiger partial charge on any atom is -0.480 e. The quantitative estimate of drug-likeness (QED) is 0.440. The summed E-state index contributed by atoms with van der Waals surface area (Å²) in [6.07, 6.45) is 0. The molecule has 0 aliphatic carbocycles. The molecule has 0 rings (SSSR count). The van der Waals surface area contributed by atoms with Crippen molar-refractivity contribution in [3.8, 4) is 0 Å². The number of hydrogen-bond acceptors (Lipinski definition) is 3. The van der Waals surface area contributed by atoms with Crippen LogP contribution in [-0.2, 0) is 9.36 Å². The Morgan fingerprint density at radius 2 is 1.54 bits per heavy atom. The van der Waals surface area contributed by atoms with Gasteiger partial charge in [0.25, 0.3) is 0 Å². The molecule has 0 amide bonds. The lowest BCUT2D eigenvalue weighted by Crippen LogP contribution is -2.32. The topological polar surface area (TPSA) is 118 Å². The third kappa shape index (κ3) is 18.5. The fourth-order valence-corrected chi connectivity index (χ4v) is 0.221. The van der Waals surface area contributed by atoms with E-state index in [1.54, 1.807) is 25.9 Å². The average molecular weight is 215 g/mol. The van der Waals surface area contributed by atoms with Gasteiger partial charge in [0.05, 0.1) is 0 Å². The van der Waals surface area contributed by atoms with Gasteiger partial charge in [0, 0.05) is 0 Å². The molecule has 0 heterocycles. The Labute approximate surface area is 75.9 Å². The fourth-order valence-electron chi connectivity index (χ4n) is 0.221. The van der Waals surface area contributed by atoms with Crippen molar-refractivity contribution >= 4 is 13.8 Å². The van der Waals surface area contributed by atoms with Gasteiger partial charge in [0.2, 0.25) is 0 Å². The highest BCUT2D eigenvalue weighted by atomic mass is 31.2. The summed E-state index contributed by atoms with van der Waals surface area (Å²) in [6, 6.07) is -0.380. The zero-order valence-electron chi connectivity index (χ0n) is 7.58. The second kappa shape index (κ2) is 6.06. The Morgan fingerprint density at radius 3 is 1.54 bits per heavy atom. The molecule has 7 nitrogen and oxygen atoms in total. The highest BCUT2D eigenvalue weighted by Gasteiger charge is 2.11. The molecule has 1 atom stereocenters. The molecule has 0 saturated heterocycles. The van der Waals surface area contributed by atoms with Crippen LogP contribution in [0.1, 0.15) is 6.92 Å². The van der Waals surface area contributed by atoms with Crippen molar-refractivity contribution in [3.05, 3.63) is 0 Å². The Bertz CT molecular complexity index is 191. The number of carboxylic acids is 1. The Balaban J connectivity index is 0. The van der Waals surface area contributed by atoms with Gasteiger partial charge in [-0.2, -0.15) is 0 Å². The molecule has 0 aliphatic rings. The van der Waals surface area contributed by atoms with Crippen LogP contribution in [0.25, 0.3) is 0 Å². The summed E-state index contributed by atoms with van der Waals surface area (Å²) in [7, 11) is -1.17. The molecule has 0 saturated carbocycles. The first-order valence-corrected chi connectivity index (χ1v) is 4.79. The van der Waals surface area contributed by atoms with Gasteiger partial charge in [-0.3, -0.25) is 9.69 Å². The molecule has 0 spiro atoms. The van der Waals surface area contributed by atoms with Gasteiger partial charge in [-0.15, -0.1) is 0 Å². The number of aliphatic carboxylic acids is 1. The van der Waals surface area contributed by atoms with Gasteiger partial charge < -0.3 is 19.8 Å². The number of rotatable bonds is 2. The number of likely N-dealkylation sites (N-methyl/N-ethyl adjacent to an activating group) is 1. The molecule has 80 valence electrons. The molecule has 0 radical (unpaired) electrons. The lowest BCUT2D eigenvalue weighted by Gasteiger charge is -2.13. The molecule has 8 heteroatoms. The van der Waals surface area contributed by atoms with Crippen LogP contribution in [0.3, 0.4) is 0 Å². The van der Waals surface area contributed by atoms with E-state index in [4.69, 9.17) is 24.4 Å². The number of carbonyl (C=O) groups is 1. The van der Waals surface area contributed by atoms with Gasteiger partial charge in [-0.25, -0.2) is 4.57 Å².